The standard InChI is InChI=1S/C14H19ClN2O2.C2HF3O2/c1-19-13-8-11(2-3-12(13)15)14(18)17-9-10-4-6-16-7-5-10;3-2(4,5)1(6)7/h2-3,8,10,16H,4-7,9H2,1H3,(H,17,18);(H,6,7). The second kappa shape index (κ2) is 10.2. The normalized spacial score (nSPS) is 14.8. The molecule has 1 saturated heterocycles. The molecule has 1 aliphatic heterocycles. The van der Waals surface area contributed by atoms with Crippen LogP contribution in [0.4, 0.5) is 13.2 Å². The van der Waals surface area contributed by atoms with Gasteiger partial charge in [-0.05, 0) is 50.0 Å². The molecular weight excluding hydrogens is 377 g/mol. The van der Waals surface area contributed by atoms with Crippen LogP contribution in [0.1, 0.15) is 23.2 Å². The van der Waals surface area contributed by atoms with Gasteiger partial charge in [0.25, 0.3) is 5.91 Å². The number of methoxy groups -OCH3 is 1. The Labute approximate surface area is 153 Å². The first kappa shape index (κ1) is 22.0. The average molecular weight is 397 g/mol. The van der Waals surface area contributed by atoms with Crippen LogP contribution in [0.15, 0.2) is 18.2 Å². The smallest absolute Gasteiger partial charge is 0.490 e. The maximum Gasteiger partial charge on any atom is 0.490 e. The monoisotopic (exact) mass is 396 g/mol. The molecule has 0 aromatic heterocycles. The van der Waals surface area contributed by atoms with Gasteiger partial charge in [-0.1, -0.05) is 11.6 Å². The van der Waals surface area contributed by atoms with Gasteiger partial charge in [0, 0.05) is 12.1 Å². The van der Waals surface area contributed by atoms with E-state index >= 15 is 0 Å². The largest absolute Gasteiger partial charge is 0.495 e. The summed E-state index contributed by atoms with van der Waals surface area (Å²) in [5.74, 6) is -1.74. The van der Waals surface area contributed by atoms with Crippen LogP contribution >= 0.6 is 11.6 Å². The quantitative estimate of drug-likeness (QED) is 0.728. The number of carbonyl (C=O) groups excluding carboxylic acids is 1. The summed E-state index contributed by atoms with van der Waals surface area (Å²) in [5, 5.41) is 13.9. The summed E-state index contributed by atoms with van der Waals surface area (Å²) in [4.78, 5) is 20.9. The van der Waals surface area contributed by atoms with Crippen molar-refractivity contribution in [2.45, 2.75) is 19.0 Å². The SMILES string of the molecule is COc1cc(C(=O)NCC2CCNCC2)ccc1Cl.O=C(O)C(F)(F)F. The Hall–Kier alpha value is -2.00. The second-order valence-electron chi connectivity index (χ2n) is 5.56. The minimum atomic E-state index is -5.08. The first-order valence-electron chi connectivity index (χ1n) is 7.77. The van der Waals surface area contributed by atoms with Gasteiger partial charge in [0.05, 0.1) is 12.1 Å². The van der Waals surface area contributed by atoms with Crippen LogP contribution in [0.2, 0.25) is 5.02 Å². The molecule has 0 unspecified atom stereocenters. The summed E-state index contributed by atoms with van der Waals surface area (Å²) in [7, 11) is 1.54. The van der Waals surface area contributed by atoms with Gasteiger partial charge in [0.2, 0.25) is 0 Å². The Morgan fingerprint density at radius 3 is 2.42 bits per heavy atom. The van der Waals surface area contributed by atoms with Crippen molar-refractivity contribution in [3.8, 4) is 5.75 Å². The third-order valence-corrected chi connectivity index (χ3v) is 3.98. The number of alkyl halides is 3. The maximum absolute atomic E-state index is 12.0. The Bertz CT molecular complexity index is 620. The van der Waals surface area contributed by atoms with Gasteiger partial charge in [-0.25, -0.2) is 4.79 Å². The van der Waals surface area contributed by atoms with Crippen LogP contribution in [0.25, 0.3) is 0 Å². The molecule has 0 saturated carbocycles. The minimum Gasteiger partial charge on any atom is -0.495 e. The molecule has 10 heteroatoms. The number of ether oxygens (including phenoxy) is 1. The first-order valence-corrected chi connectivity index (χ1v) is 8.15. The number of halogens is 4. The molecule has 146 valence electrons. The molecule has 0 atom stereocenters. The lowest BCUT2D eigenvalue weighted by atomic mass is 9.98. The number of hydrogen-bond acceptors (Lipinski definition) is 4. The lowest BCUT2D eigenvalue weighted by Gasteiger charge is -2.22. The molecule has 0 radical (unpaired) electrons. The van der Waals surface area contributed by atoms with Crippen molar-refractivity contribution < 1.29 is 32.6 Å². The van der Waals surface area contributed by atoms with Gasteiger partial charge in [-0.3, -0.25) is 4.79 Å². The molecule has 0 aliphatic carbocycles. The predicted octanol–water partition coefficient (Wildman–Crippen LogP) is 2.71. The van der Waals surface area contributed by atoms with Crippen LogP contribution in [-0.4, -0.2) is 49.9 Å². The zero-order chi connectivity index (χ0) is 19.7. The Morgan fingerprint density at radius 1 is 1.35 bits per heavy atom. The van der Waals surface area contributed by atoms with Crippen molar-refractivity contribution in [1.29, 1.82) is 0 Å². The van der Waals surface area contributed by atoms with E-state index in [1.807, 2.05) is 0 Å². The predicted molar refractivity (Wildman–Crippen MR) is 89.6 cm³/mol. The Balaban J connectivity index is 0.000000412. The van der Waals surface area contributed by atoms with Crippen molar-refractivity contribution in [2.24, 2.45) is 5.92 Å². The van der Waals surface area contributed by atoms with Crippen molar-refractivity contribution in [3.63, 3.8) is 0 Å². The molecule has 1 aromatic carbocycles. The molecule has 26 heavy (non-hydrogen) atoms. The highest BCUT2D eigenvalue weighted by Gasteiger charge is 2.38. The third kappa shape index (κ3) is 7.49. The van der Waals surface area contributed by atoms with E-state index in [-0.39, 0.29) is 5.91 Å². The number of amides is 1. The molecule has 1 aromatic rings. The maximum atomic E-state index is 12.0. The van der Waals surface area contributed by atoms with Gasteiger partial charge in [0.15, 0.2) is 0 Å². The number of aliphatic carboxylic acids is 1. The summed E-state index contributed by atoms with van der Waals surface area (Å²) in [6, 6.07) is 5.06. The fourth-order valence-electron chi connectivity index (χ4n) is 2.23. The average Bonchev–Trinajstić information content (AvgIpc) is 2.60. The van der Waals surface area contributed by atoms with E-state index in [1.165, 1.54) is 7.11 Å². The summed E-state index contributed by atoms with van der Waals surface area (Å²) < 4.78 is 36.8. The van der Waals surface area contributed by atoms with Gasteiger partial charge in [-0.15, -0.1) is 0 Å². The van der Waals surface area contributed by atoms with Gasteiger partial charge in [0.1, 0.15) is 5.75 Å². The number of piperidine rings is 1. The fraction of sp³-hybridized carbons (Fsp3) is 0.500. The molecule has 1 amide bonds. The van der Waals surface area contributed by atoms with Crippen molar-refractivity contribution in [2.75, 3.05) is 26.7 Å². The summed E-state index contributed by atoms with van der Waals surface area (Å²) in [6.07, 6.45) is -2.85. The Morgan fingerprint density at radius 2 is 1.92 bits per heavy atom. The van der Waals surface area contributed by atoms with E-state index in [0.29, 0.717) is 22.3 Å². The molecule has 2 rings (SSSR count). The van der Waals surface area contributed by atoms with E-state index < -0.39 is 12.1 Å². The lowest BCUT2D eigenvalue weighted by molar-refractivity contribution is -0.192. The van der Waals surface area contributed by atoms with Crippen molar-refractivity contribution in [3.05, 3.63) is 28.8 Å². The number of rotatable bonds is 4. The van der Waals surface area contributed by atoms with Gasteiger partial charge in [-0.2, -0.15) is 13.2 Å². The van der Waals surface area contributed by atoms with Crippen LogP contribution in [-0.2, 0) is 4.79 Å². The summed E-state index contributed by atoms with van der Waals surface area (Å²) >= 11 is 5.94. The second-order valence-corrected chi connectivity index (χ2v) is 5.96. The molecule has 3 N–H and O–H groups in total. The number of hydrogen-bond donors (Lipinski definition) is 3. The van der Waals surface area contributed by atoms with Crippen LogP contribution < -0.4 is 15.4 Å². The molecule has 1 heterocycles. The summed E-state index contributed by atoms with van der Waals surface area (Å²) in [6.45, 7) is 2.80. The lowest BCUT2D eigenvalue weighted by Crippen LogP contribution is -2.35. The Kier molecular flexibility index (Phi) is 8.67. The zero-order valence-corrected chi connectivity index (χ0v) is 14.8. The van der Waals surface area contributed by atoms with Crippen molar-refractivity contribution >= 4 is 23.5 Å². The molecular formula is C16H20ClF3N2O4. The number of carboxylic acids is 1. The highest BCUT2D eigenvalue weighted by molar-refractivity contribution is 6.32. The van der Waals surface area contributed by atoms with Crippen LogP contribution in [0.5, 0.6) is 5.75 Å². The van der Waals surface area contributed by atoms with E-state index in [0.717, 1.165) is 32.5 Å². The minimum absolute atomic E-state index is 0.0755. The van der Waals surface area contributed by atoms with Crippen LogP contribution in [0, 0.1) is 5.92 Å². The van der Waals surface area contributed by atoms with Crippen LogP contribution in [0.3, 0.4) is 0 Å². The topological polar surface area (TPSA) is 87.7 Å². The number of nitrogens with one attached hydrogen (secondary N) is 2. The van der Waals surface area contributed by atoms with Gasteiger partial charge >= 0.3 is 12.1 Å². The van der Waals surface area contributed by atoms with E-state index in [4.69, 9.17) is 26.2 Å². The first-order chi connectivity index (χ1) is 12.1. The molecule has 6 nitrogen and oxygen atoms in total. The zero-order valence-electron chi connectivity index (χ0n) is 14.0. The highest BCUT2D eigenvalue weighted by Crippen LogP contribution is 2.25. The highest BCUT2D eigenvalue weighted by atomic mass is 35.5. The molecule has 0 bridgehead atoms. The third-order valence-electron chi connectivity index (χ3n) is 3.67. The molecule has 0 spiro atoms. The van der Waals surface area contributed by atoms with E-state index in [1.54, 1.807) is 18.2 Å². The summed E-state index contributed by atoms with van der Waals surface area (Å²) in [5.41, 5.74) is 0.579. The molecule has 1 fully saturated rings. The van der Waals surface area contributed by atoms with E-state index in [2.05, 4.69) is 10.6 Å². The van der Waals surface area contributed by atoms with E-state index in [9.17, 15) is 18.0 Å². The number of benzene rings is 1. The fourth-order valence-corrected chi connectivity index (χ4v) is 2.42. The molecule has 1 aliphatic rings. The number of carboxylic acid groups (broad SMARTS) is 1. The number of carbonyl (C=O) groups is 2. The van der Waals surface area contributed by atoms with Crippen molar-refractivity contribution in [1.82, 2.24) is 10.6 Å². The van der Waals surface area contributed by atoms with Gasteiger partial charge < -0.3 is 20.5 Å².